The predicted octanol–water partition coefficient (Wildman–Crippen LogP) is 1.89. The van der Waals surface area contributed by atoms with Crippen molar-refractivity contribution in [2.24, 2.45) is 11.5 Å². The van der Waals surface area contributed by atoms with Crippen molar-refractivity contribution in [1.82, 2.24) is 0 Å². The quantitative estimate of drug-likeness (QED) is 0.769. The lowest BCUT2D eigenvalue weighted by Crippen LogP contribution is -2.50. The van der Waals surface area contributed by atoms with E-state index in [1.165, 1.54) is 18.2 Å². The first kappa shape index (κ1) is 15.5. The summed E-state index contributed by atoms with van der Waals surface area (Å²) in [7, 11) is 0. The van der Waals surface area contributed by atoms with Crippen LogP contribution < -0.4 is 16.8 Å². The molecule has 0 fully saturated rings. The Morgan fingerprint density at radius 1 is 1.32 bits per heavy atom. The zero-order valence-electron chi connectivity index (χ0n) is 11.0. The maximum absolute atomic E-state index is 12.1. The Balaban J connectivity index is 3.02. The minimum Gasteiger partial charge on any atom is -0.366 e. The monoisotopic (exact) mass is 283 g/mol. The van der Waals surface area contributed by atoms with Gasteiger partial charge in [0.25, 0.3) is 0 Å². The van der Waals surface area contributed by atoms with Crippen molar-refractivity contribution in [3.05, 3.63) is 28.8 Å². The summed E-state index contributed by atoms with van der Waals surface area (Å²) in [6.45, 7) is 3.68. The van der Waals surface area contributed by atoms with Gasteiger partial charge >= 0.3 is 0 Å². The van der Waals surface area contributed by atoms with Crippen LogP contribution in [0.2, 0.25) is 5.02 Å². The molecule has 6 heteroatoms. The largest absolute Gasteiger partial charge is 0.366 e. The molecule has 0 saturated heterocycles. The second-order valence-corrected chi connectivity index (χ2v) is 4.78. The third-order valence-corrected chi connectivity index (χ3v) is 3.54. The van der Waals surface area contributed by atoms with Crippen molar-refractivity contribution in [2.75, 3.05) is 5.32 Å². The number of hydrogen-bond acceptors (Lipinski definition) is 3. The second kappa shape index (κ2) is 6.04. The number of halogens is 1. The number of rotatable bonds is 5. The summed E-state index contributed by atoms with van der Waals surface area (Å²) in [6.07, 6.45) is 1.00. The van der Waals surface area contributed by atoms with E-state index < -0.39 is 11.4 Å². The Hall–Kier alpha value is -1.59. The highest BCUT2D eigenvalue weighted by atomic mass is 35.5. The SMILES string of the molecule is CCC(N)(CC)C(=O)Nc1cc(C(N)=O)ccc1Cl. The number of primary amides is 1. The van der Waals surface area contributed by atoms with Gasteiger partial charge in [0, 0.05) is 5.56 Å². The first-order valence-corrected chi connectivity index (χ1v) is 6.41. The molecular weight excluding hydrogens is 266 g/mol. The van der Waals surface area contributed by atoms with Gasteiger partial charge in [0.2, 0.25) is 11.8 Å². The van der Waals surface area contributed by atoms with Crippen molar-refractivity contribution >= 4 is 29.1 Å². The maximum Gasteiger partial charge on any atom is 0.248 e. The normalized spacial score (nSPS) is 11.2. The summed E-state index contributed by atoms with van der Waals surface area (Å²) in [4.78, 5) is 23.2. The van der Waals surface area contributed by atoms with Crippen LogP contribution in [-0.2, 0) is 4.79 Å². The molecule has 1 rings (SSSR count). The zero-order chi connectivity index (χ0) is 14.6. The van der Waals surface area contributed by atoms with E-state index in [1.54, 1.807) is 0 Å². The van der Waals surface area contributed by atoms with Crippen molar-refractivity contribution in [3.8, 4) is 0 Å². The molecule has 1 aromatic rings. The molecule has 0 spiro atoms. The van der Waals surface area contributed by atoms with E-state index in [9.17, 15) is 9.59 Å². The Morgan fingerprint density at radius 3 is 2.37 bits per heavy atom. The number of anilines is 1. The van der Waals surface area contributed by atoms with Crippen molar-refractivity contribution < 1.29 is 9.59 Å². The van der Waals surface area contributed by atoms with Gasteiger partial charge in [0.05, 0.1) is 16.2 Å². The molecule has 0 unspecified atom stereocenters. The average molecular weight is 284 g/mol. The Labute approximate surface area is 117 Å². The molecule has 0 aliphatic carbocycles. The number of carbonyl (C=O) groups is 2. The smallest absolute Gasteiger partial charge is 0.248 e. The minimum absolute atomic E-state index is 0.273. The molecular formula is C13H18ClN3O2. The Bertz CT molecular complexity index is 499. The van der Waals surface area contributed by atoms with Crippen LogP contribution in [0, 0.1) is 0 Å². The highest BCUT2D eigenvalue weighted by Crippen LogP contribution is 2.24. The number of nitrogens with one attached hydrogen (secondary N) is 1. The molecule has 104 valence electrons. The summed E-state index contributed by atoms with van der Waals surface area (Å²) in [6, 6.07) is 4.44. The van der Waals surface area contributed by atoms with Gasteiger partial charge in [-0.1, -0.05) is 25.4 Å². The molecule has 5 N–H and O–H groups in total. The van der Waals surface area contributed by atoms with Crippen molar-refractivity contribution in [3.63, 3.8) is 0 Å². The molecule has 0 bridgehead atoms. The van der Waals surface area contributed by atoms with Gasteiger partial charge in [0.1, 0.15) is 0 Å². The van der Waals surface area contributed by atoms with E-state index in [1.807, 2.05) is 13.8 Å². The molecule has 2 amide bonds. The molecule has 1 aromatic carbocycles. The van der Waals surface area contributed by atoms with E-state index in [-0.39, 0.29) is 11.5 Å². The average Bonchev–Trinajstić information content (AvgIpc) is 2.39. The van der Waals surface area contributed by atoms with Gasteiger partial charge < -0.3 is 16.8 Å². The fourth-order valence-electron chi connectivity index (χ4n) is 1.59. The first-order valence-electron chi connectivity index (χ1n) is 6.03. The van der Waals surface area contributed by atoms with Crippen LogP contribution >= 0.6 is 11.6 Å². The first-order chi connectivity index (χ1) is 8.84. The number of amides is 2. The summed E-state index contributed by atoms with van der Waals surface area (Å²) in [5, 5.41) is 2.97. The number of hydrogen-bond donors (Lipinski definition) is 3. The van der Waals surface area contributed by atoms with Crippen LogP contribution in [0.1, 0.15) is 37.0 Å². The molecule has 0 radical (unpaired) electrons. The Morgan fingerprint density at radius 2 is 1.89 bits per heavy atom. The van der Waals surface area contributed by atoms with E-state index in [4.69, 9.17) is 23.1 Å². The fraction of sp³-hybridized carbons (Fsp3) is 0.385. The lowest BCUT2D eigenvalue weighted by atomic mass is 9.93. The van der Waals surface area contributed by atoms with Gasteiger partial charge in [-0.2, -0.15) is 0 Å². The third-order valence-electron chi connectivity index (χ3n) is 3.21. The van der Waals surface area contributed by atoms with Gasteiger partial charge in [-0.3, -0.25) is 9.59 Å². The summed E-state index contributed by atoms with van der Waals surface area (Å²) < 4.78 is 0. The highest BCUT2D eigenvalue weighted by molar-refractivity contribution is 6.34. The van der Waals surface area contributed by atoms with E-state index in [0.717, 1.165) is 0 Å². The van der Waals surface area contributed by atoms with Gasteiger partial charge in [-0.05, 0) is 31.0 Å². The highest BCUT2D eigenvalue weighted by Gasteiger charge is 2.30. The van der Waals surface area contributed by atoms with E-state index in [0.29, 0.717) is 23.6 Å². The lowest BCUT2D eigenvalue weighted by Gasteiger charge is -2.25. The number of carbonyl (C=O) groups excluding carboxylic acids is 2. The molecule has 0 heterocycles. The van der Waals surface area contributed by atoms with Crippen molar-refractivity contribution in [1.29, 1.82) is 0 Å². The lowest BCUT2D eigenvalue weighted by molar-refractivity contribution is -0.121. The molecule has 0 saturated carbocycles. The van der Waals surface area contributed by atoms with Gasteiger partial charge in [0.15, 0.2) is 0 Å². The zero-order valence-corrected chi connectivity index (χ0v) is 11.8. The summed E-state index contributed by atoms with van der Waals surface area (Å²) in [5.41, 5.74) is 10.8. The molecule has 19 heavy (non-hydrogen) atoms. The van der Waals surface area contributed by atoms with Gasteiger partial charge in [-0.15, -0.1) is 0 Å². The van der Waals surface area contributed by atoms with Crippen LogP contribution in [-0.4, -0.2) is 17.4 Å². The molecule has 0 aromatic heterocycles. The van der Waals surface area contributed by atoms with Crippen LogP contribution in [0.15, 0.2) is 18.2 Å². The van der Waals surface area contributed by atoms with Gasteiger partial charge in [-0.25, -0.2) is 0 Å². The van der Waals surface area contributed by atoms with Crippen LogP contribution in [0.3, 0.4) is 0 Å². The topological polar surface area (TPSA) is 98.2 Å². The van der Waals surface area contributed by atoms with Crippen LogP contribution in [0.5, 0.6) is 0 Å². The standard InChI is InChI=1S/C13H18ClN3O2/c1-3-13(16,4-2)12(19)17-10-7-8(11(15)18)5-6-9(10)14/h5-7H,3-4,16H2,1-2H3,(H2,15,18)(H,17,19). The molecule has 0 aliphatic rings. The number of nitrogens with two attached hydrogens (primary N) is 2. The van der Waals surface area contributed by atoms with Crippen LogP contribution in [0.25, 0.3) is 0 Å². The van der Waals surface area contributed by atoms with E-state index >= 15 is 0 Å². The van der Waals surface area contributed by atoms with E-state index in [2.05, 4.69) is 5.32 Å². The van der Waals surface area contributed by atoms with Crippen LogP contribution in [0.4, 0.5) is 5.69 Å². The summed E-state index contributed by atoms with van der Waals surface area (Å²) >= 11 is 5.97. The second-order valence-electron chi connectivity index (χ2n) is 4.38. The fourth-order valence-corrected chi connectivity index (χ4v) is 1.76. The Kier molecular flexibility index (Phi) is 4.91. The molecule has 5 nitrogen and oxygen atoms in total. The van der Waals surface area contributed by atoms with Crippen molar-refractivity contribution in [2.45, 2.75) is 32.2 Å². The molecule has 0 atom stereocenters. The maximum atomic E-state index is 12.1. The number of benzene rings is 1. The summed E-state index contributed by atoms with van der Waals surface area (Å²) in [5.74, 6) is -0.918. The predicted molar refractivity (Wildman–Crippen MR) is 76.1 cm³/mol. The molecule has 0 aliphatic heterocycles. The minimum atomic E-state index is -0.952. The third kappa shape index (κ3) is 3.45.